The van der Waals surface area contributed by atoms with Crippen LogP contribution in [0.2, 0.25) is 0 Å². The molecule has 1 aliphatic carbocycles. The lowest BCUT2D eigenvalue weighted by molar-refractivity contribution is 0.481. The van der Waals surface area contributed by atoms with Crippen LogP contribution in [0.25, 0.3) is 27.1 Å². The summed E-state index contributed by atoms with van der Waals surface area (Å²) in [6, 6.07) is 36.4. The van der Waals surface area contributed by atoms with Gasteiger partial charge in [-0.15, -0.1) is 0 Å². The summed E-state index contributed by atoms with van der Waals surface area (Å²) in [6.07, 6.45) is 0.113. The molecular formula is C47H39N9O9S3. The quantitative estimate of drug-likeness (QED) is 0.0376. The van der Waals surface area contributed by atoms with Crippen molar-refractivity contribution < 1.29 is 38.9 Å². The number of aryl methyl sites for hydroxylation is 1. The molecule has 6 aromatic carbocycles. The molecule has 68 heavy (non-hydrogen) atoms. The zero-order valence-electron chi connectivity index (χ0n) is 36.1. The van der Waals surface area contributed by atoms with Gasteiger partial charge in [0.05, 0.1) is 32.3 Å². The third-order valence-corrected chi connectivity index (χ3v) is 13.8. The maximum atomic E-state index is 12.4. The van der Waals surface area contributed by atoms with Gasteiger partial charge in [0.15, 0.2) is 11.6 Å². The van der Waals surface area contributed by atoms with Gasteiger partial charge in [-0.25, -0.2) is 4.98 Å². The topological polar surface area (TPSA) is 287 Å². The third-order valence-electron chi connectivity index (χ3n) is 11.2. The average Bonchev–Trinajstić information content (AvgIpc) is 3.64. The molecule has 0 radical (unpaired) electrons. The maximum absolute atomic E-state index is 12.4. The number of benzene rings is 6. The van der Waals surface area contributed by atoms with Crippen molar-refractivity contribution in [1.29, 1.82) is 10.5 Å². The van der Waals surface area contributed by atoms with Crippen LogP contribution in [0.3, 0.4) is 0 Å². The molecule has 0 bridgehead atoms. The van der Waals surface area contributed by atoms with Crippen molar-refractivity contribution in [3.8, 4) is 12.1 Å². The van der Waals surface area contributed by atoms with E-state index in [1.54, 1.807) is 37.2 Å². The zero-order chi connectivity index (χ0) is 48.7. The van der Waals surface area contributed by atoms with Gasteiger partial charge in [0.25, 0.3) is 30.4 Å². The summed E-state index contributed by atoms with van der Waals surface area (Å²) in [5.74, 6) is 0.131. The minimum Gasteiger partial charge on any atom is -0.339 e. The van der Waals surface area contributed by atoms with Crippen molar-refractivity contribution in [2.24, 2.45) is 0 Å². The second-order valence-electron chi connectivity index (χ2n) is 15.6. The normalized spacial score (nSPS) is 13.0. The molecule has 8 rings (SSSR count). The Morgan fingerprint density at radius 3 is 1.84 bits per heavy atom. The van der Waals surface area contributed by atoms with Crippen LogP contribution in [0, 0.1) is 36.5 Å². The first-order chi connectivity index (χ1) is 32.2. The van der Waals surface area contributed by atoms with Gasteiger partial charge in [-0.05, 0) is 119 Å². The van der Waals surface area contributed by atoms with Gasteiger partial charge in [0.2, 0.25) is 0 Å². The first-order valence-corrected chi connectivity index (χ1v) is 24.6. The fourth-order valence-electron chi connectivity index (χ4n) is 7.86. The number of hydrogen-bond acceptors (Lipinski definition) is 15. The molecule has 7 aromatic rings. The first kappa shape index (κ1) is 46.5. The Bertz CT molecular complexity index is 3720. The summed E-state index contributed by atoms with van der Waals surface area (Å²) < 4.78 is 101. The molecule has 18 nitrogen and oxygen atoms in total. The second-order valence-corrected chi connectivity index (χ2v) is 19.8. The molecule has 344 valence electrons. The van der Waals surface area contributed by atoms with Gasteiger partial charge in [-0.3, -0.25) is 24.1 Å². The van der Waals surface area contributed by atoms with Gasteiger partial charge in [0.1, 0.15) is 22.7 Å². The van der Waals surface area contributed by atoms with Crippen LogP contribution in [-0.2, 0) is 30.4 Å². The number of fused-ring (bicyclic) bond motifs is 2. The van der Waals surface area contributed by atoms with E-state index in [2.05, 4.69) is 39.0 Å². The molecule has 0 aliphatic heterocycles. The second kappa shape index (κ2) is 18.0. The van der Waals surface area contributed by atoms with E-state index in [0.29, 0.717) is 55.9 Å². The summed E-state index contributed by atoms with van der Waals surface area (Å²) in [6.45, 7) is 3.46. The molecule has 0 spiro atoms. The van der Waals surface area contributed by atoms with E-state index >= 15 is 0 Å². The van der Waals surface area contributed by atoms with E-state index in [-0.39, 0.29) is 49.6 Å². The number of nitrogens with zero attached hydrogens (tertiary/aromatic N) is 4. The number of allylic oxidation sites excluding steroid dienone is 2. The molecule has 8 N–H and O–H groups in total. The van der Waals surface area contributed by atoms with Crippen LogP contribution in [0.15, 0.2) is 153 Å². The Kier molecular flexibility index (Phi) is 12.3. The van der Waals surface area contributed by atoms with E-state index in [0.717, 1.165) is 28.5 Å². The summed E-state index contributed by atoms with van der Waals surface area (Å²) in [5, 5.41) is 32.0. The summed E-state index contributed by atoms with van der Waals surface area (Å²) in [4.78, 5) is 3.75. The van der Waals surface area contributed by atoms with E-state index in [1.165, 1.54) is 42.5 Å². The van der Waals surface area contributed by atoms with Gasteiger partial charge < -0.3 is 21.5 Å². The third kappa shape index (κ3) is 9.47. The minimum atomic E-state index is -4.57. The van der Waals surface area contributed by atoms with Crippen molar-refractivity contribution in [3.05, 3.63) is 161 Å². The molecule has 0 fully saturated rings. The number of anilines is 6. The van der Waals surface area contributed by atoms with E-state index in [1.807, 2.05) is 55.5 Å². The Labute approximate surface area is 391 Å². The number of aromatic nitrogens is 1. The molecule has 1 aliphatic rings. The van der Waals surface area contributed by atoms with Crippen LogP contribution in [0.4, 0.5) is 34.4 Å². The van der Waals surface area contributed by atoms with Crippen molar-refractivity contribution in [2.75, 3.05) is 28.1 Å². The highest BCUT2D eigenvalue weighted by atomic mass is 32.2. The van der Waals surface area contributed by atoms with Crippen molar-refractivity contribution >= 4 is 91.9 Å². The highest BCUT2D eigenvalue weighted by molar-refractivity contribution is 7.86. The molecule has 0 atom stereocenters. The summed E-state index contributed by atoms with van der Waals surface area (Å²) >= 11 is 0. The van der Waals surface area contributed by atoms with E-state index in [4.69, 9.17) is 4.98 Å². The van der Waals surface area contributed by atoms with E-state index < -0.39 is 30.4 Å². The molecule has 0 saturated heterocycles. The number of hydrazine groups is 2. The Hall–Kier alpha value is -8.02. The van der Waals surface area contributed by atoms with E-state index in [9.17, 15) is 49.4 Å². The smallest absolute Gasteiger partial charge is 0.295 e. The SMILES string of the molecule is Cc1c(C#N)c(Nc2ccc(S(=O)(=O)O)cc2)nc(Nc2ccc(S(=O)(=O)O)cc2)c1NNC1=C(C#N)C(c2ccc3ccccc3c2)=C(NN(C)c2cc(C)c3cccc(S(=O)(=O)O)c3c2)C1. The highest BCUT2D eigenvalue weighted by Crippen LogP contribution is 2.40. The van der Waals surface area contributed by atoms with Crippen LogP contribution >= 0.6 is 0 Å². The fourth-order valence-corrected chi connectivity index (χ4v) is 9.52. The van der Waals surface area contributed by atoms with Gasteiger partial charge >= 0.3 is 0 Å². The Balaban J connectivity index is 1.19. The number of nitrogens with one attached hydrogen (secondary N) is 5. The molecule has 0 unspecified atom stereocenters. The number of pyridine rings is 1. The van der Waals surface area contributed by atoms with Crippen molar-refractivity contribution in [1.82, 2.24) is 15.8 Å². The highest BCUT2D eigenvalue weighted by Gasteiger charge is 2.29. The first-order valence-electron chi connectivity index (χ1n) is 20.3. The van der Waals surface area contributed by atoms with Crippen LogP contribution < -0.4 is 31.9 Å². The van der Waals surface area contributed by atoms with Crippen LogP contribution in [0.5, 0.6) is 0 Å². The largest absolute Gasteiger partial charge is 0.339 e. The summed E-state index contributed by atoms with van der Waals surface area (Å²) in [5.41, 5.74) is 14.8. The lowest BCUT2D eigenvalue weighted by Gasteiger charge is -2.25. The lowest BCUT2D eigenvalue weighted by atomic mass is 9.97. The number of hydrogen-bond donors (Lipinski definition) is 8. The monoisotopic (exact) mass is 969 g/mol. The fraction of sp³-hybridized carbons (Fsp3) is 0.0851. The zero-order valence-corrected chi connectivity index (χ0v) is 38.5. The lowest BCUT2D eigenvalue weighted by Crippen LogP contribution is -2.34. The minimum absolute atomic E-state index is 0.0347. The number of rotatable bonds is 14. The van der Waals surface area contributed by atoms with Gasteiger partial charge in [-0.1, -0.05) is 48.5 Å². The predicted molar refractivity (Wildman–Crippen MR) is 258 cm³/mol. The van der Waals surface area contributed by atoms with Gasteiger partial charge in [-0.2, -0.15) is 35.8 Å². The predicted octanol–water partition coefficient (Wildman–Crippen LogP) is 8.25. The Morgan fingerprint density at radius 1 is 0.632 bits per heavy atom. The van der Waals surface area contributed by atoms with Gasteiger partial charge in [0, 0.05) is 41.5 Å². The maximum Gasteiger partial charge on any atom is 0.295 e. The molecule has 0 saturated carbocycles. The van der Waals surface area contributed by atoms with Crippen LogP contribution in [-0.4, -0.2) is 50.9 Å². The average molecular weight is 970 g/mol. The Morgan fingerprint density at radius 2 is 1.25 bits per heavy atom. The molecular weight excluding hydrogens is 931 g/mol. The molecule has 1 aromatic heterocycles. The molecule has 0 amide bonds. The van der Waals surface area contributed by atoms with Crippen LogP contribution in [0.1, 0.15) is 28.7 Å². The van der Waals surface area contributed by atoms with Crippen molar-refractivity contribution in [3.63, 3.8) is 0 Å². The summed E-state index contributed by atoms with van der Waals surface area (Å²) in [7, 11) is -11.8. The number of nitriles is 2. The molecule has 21 heteroatoms. The standard InChI is InChI=1S/C47H39N9O9S3/c1-27-21-34(23-38-37(27)9-6-10-43(38)68(63,64)65)56(3)55-42-24-41(40(26-49)44(42)31-12-11-29-7-4-5-8-30(29)22-31)53-54-45-28(2)39(25-48)46(50-32-13-17-35(18-14-32)66(57,58)59)52-47(45)51-33-15-19-36(20-16-33)67(60,61)62/h4-23,53-55H,24H2,1-3H3,(H2,50,51,52)(H,57,58,59)(H,60,61,62)(H,63,64,65). The van der Waals surface area contributed by atoms with Crippen molar-refractivity contribution in [2.45, 2.75) is 35.0 Å². The molecule has 1 heterocycles.